The summed E-state index contributed by atoms with van der Waals surface area (Å²) in [5, 5.41) is 16.7. The van der Waals surface area contributed by atoms with Crippen molar-refractivity contribution < 1.29 is 9.90 Å². The van der Waals surface area contributed by atoms with E-state index in [1.54, 1.807) is 18.6 Å². The Morgan fingerprint density at radius 3 is 2.52 bits per heavy atom. The predicted octanol–water partition coefficient (Wildman–Crippen LogP) is 3.86. The Hall–Kier alpha value is -3.09. The number of rotatable bonds is 10. The van der Waals surface area contributed by atoms with Gasteiger partial charge in [0.05, 0.1) is 17.7 Å². The van der Waals surface area contributed by atoms with Gasteiger partial charge in [-0.25, -0.2) is 0 Å². The van der Waals surface area contributed by atoms with Gasteiger partial charge in [-0.1, -0.05) is 31.2 Å². The van der Waals surface area contributed by atoms with Crippen molar-refractivity contribution in [2.24, 2.45) is 0 Å². The number of amides is 1. The summed E-state index contributed by atoms with van der Waals surface area (Å²) in [6.07, 6.45) is 6.29. The first kappa shape index (κ1) is 22.6. The third-order valence-electron chi connectivity index (χ3n) is 5.39. The number of benzene rings is 1. The van der Waals surface area contributed by atoms with Crippen LogP contribution in [0.15, 0.2) is 73.2 Å². The van der Waals surface area contributed by atoms with Gasteiger partial charge in [-0.15, -0.1) is 0 Å². The van der Waals surface area contributed by atoms with E-state index in [1.807, 2.05) is 61.5 Å². The third kappa shape index (κ3) is 6.70. The zero-order valence-corrected chi connectivity index (χ0v) is 18.0. The van der Waals surface area contributed by atoms with Crippen molar-refractivity contribution in [1.82, 2.24) is 15.3 Å². The molecule has 3 aromatic rings. The minimum absolute atomic E-state index is 0.0797. The van der Waals surface area contributed by atoms with Crippen molar-refractivity contribution in [3.63, 3.8) is 0 Å². The fourth-order valence-corrected chi connectivity index (χ4v) is 3.36. The summed E-state index contributed by atoms with van der Waals surface area (Å²) in [7, 11) is 0. The smallest absolute Gasteiger partial charge is 0.233 e. The van der Waals surface area contributed by atoms with Crippen molar-refractivity contribution >= 4 is 11.6 Å². The number of carbonyl (C=O) groups excluding carboxylic acids is 1. The highest BCUT2D eigenvalue weighted by atomic mass is 16.3. The maximum absolute atomic E-state index is 12.5. The predicted molar refractivity (Wildman–Crippen MR) is 123 cm³/mol. The SMILES string of the molecule is CC[C@@H](Cc1ccc(NC(=O)[C@H](C)c2ccccn2)cc1)NC[C@H](O)c1cccnc1. The van der Waals surface area contributed by atoms with Crippen LogP contribution >= 0.6 is 0 Å². The van der Waals surface area contributed by atoms with E-state index in [0.717, 1.165) is 29.8 Å². The molecule has 0 saturated heterocycles. The van der Waals surface area contributed by atoms with Crippen LogP contribution in [0.4, 0.5) is 5.69 Å². The molecular formula is C25H30N4O2. The Balaban J connectivity index is 1.51. The van der Waals surface area contributed by atoms with Crippen molar-refractivity contribution in [2.75, 3.05) is 11.9 Å². The average molecular weight is 419 g/mol. The maximum Gasteiger partial charge on any atom is 0.233 e. The molecule has 0 aliphatic heterocycles. The number of nitrogens with one attached hydrogen (secondary N) is 2. The minimum Gasteiger partial charge on any atom is -0.387 e. The molecule has 0 aliphatic rings. The van der Waals surface area contributed by atoms with Crippen molar-refractivity contribution in [1.29, 1.82) is 0 Å². The van der Waals surface area contributed by atoms with Crippen LogP contribution in [0.2, 0.25) is 0 Å². The molecule has 0 bridgehead atoms. The molecule has 1 aromatic carbocycles. The van der Waals surface area contributed by atoms with Crippen LogP contribution in [0, 0.1) is 0 Å². The van der Waals surface area contributed by atoms with Crippen LogP contribution < -0.4 is 10.6 Å². The van der Waals surface area contributed by atoms with E-state index in [2.05, 4.69) is 27.5 Å². The van der Waals surface area contributed by atoms with Gasteiger partial charge in [0.2, 0.25) is 5.91 Å². The van der Waals surface area contributed by atoms with Crippen LogP contribution in [0.5, 0.6) is 0 Å². The van der Waals surface area contributed by atoms with E-state index in [1.165, 1.54) is 5.56 Å². The second-order valence-electron chi connectivity index (χ2n) is 7.68. The number of carbonyl (C=O) groups is 1. The molecule has 2 aromatic heterocycles. The second-order valence-corrected chi connectivity index (χ2v) is 7.68. The molecule has 31 heavy (non-hydrogen) atoms. The van der Waals surface area contributed by atoms with E-state index in [0.29, 0.717) is 6.54 Å². The molecule has 2 heterocycles. The van der Waals surface area contributed by atoms with Crippen LogP contribution in [-0.2, 0) is 11.2 Å². The molecule has 0 fully saturated rings. The summed E-state index contributed by atoms with van der Waals surface area (Å²) in [5.41, 5.74) is 3.50. The Morgan fingerprint density at radius 2 is 1.87 bits per heavy atom. The second kappa shape index (κ2) is 11.3. The van der Waals surface area contributed by atoms with E-state index < -0.39 is 6.10 Å². The van der Waals surface area contributed by atoms with Gasteiger partial charge in [-0.2, -0.15) is 0 Å². The van der Waals surface area contributed by atoms with Crippen LogP contribution in [0.25, 0.3) is 0 Å². The molecule has 6 nitrogen and oxygen atoms in total. The number of nitrogens with zero attached hydrogens (tertiary/aromatic N) is 2. The van der Waals surface area contributed by atoms with Gasteiger partial charge in [0.1, 0.15) is 0 Å². The zero-order valence-electron chi connectivity index (χ0n) is 18.0. The zero-order chi connectivity index (χ0) is 22.1. The molecule has 3 rings (SSSR count). The van der Waals surface area contributed by atoms with E-state index in [9.17, 15) is 9.90 Å². The number of hydrogen-bond donors (Lipinski definition) is 3. The lowest BCUT2D eigenvalue weighted by Gasteiger charge is -2.20. The lowest BCUT2D eigenvalue weighted by atomic mass is 10.0. The summed E-state index contributed by atoms with van der Waals surface area (Å²) >= 11 is 0. The quantitative estimate of drug-likeness (QED) is 0.465. The van der Waals surface area contributed by atoms with Gasteiger partial charge in [0, 0.05) is 42.4 Å². The first-order valence-electron chi connectivity index (χ1n) is 10.7. The number of hydrogen-bond acceptors (Lipinski definition) is 5. The molecule has 1 amide bonds. The normalized spacial score (nSPS) is 13.9. The summed E-state index contributed by atoms with van der Waals surface area (Å²) < 4.78 is 0. The van der Waals surface area contributed by atoms with Crippen LogP contribution in [0.1, 0.15) is 49.1 Å². The van der Waals surface area contributed by atoms with E-state index >= 15 is 0 Å². The number of pyridine rings is 2. The van der Waals surface area contributed by atoms with Gasteiger partial charge in [-0.3, -0.25) is 14.8 Å². The van der Waals surface area contributed by atoms with Crippen LogP contribution in [0.3, 0.4) is 0 Å². The summed E-state index contributed by atoms with van der Waals surface area (Å²) in [6, 6.07) is 17.4. The highest BCUT2D eigenvalue weighted by Crippen LogP contribution is 2.17. The van der Waals surface area contributed by atoms with Gasteiger partial charge in [0.25, 0.3) is 0 Å². The largest absolute Gasteiger partial charge is 0.387 e. The van der Waals surface area contributed by atoms with Gasteiger partial charge in [-0.05, 0) is 55.7 Å². The van der Waals surface area contributed by atoms with E-state index in [-0.39, 0.29) is 17.9 Å². The molecular weight excluding hydrogens is 388 g/mol. The number of aliphatic hydroxyl groups excluding tert-OH is 1. The molecule has 3 atom stereocenters. The molecule has 0 spiro atoms. The molecule has 0 radical (unpaired) electrons. The molecule has 162 valence electrons. The number of aromatic nitrogens is 2. The third-order valence-corrected chi connectivity index (χ3v) is 5.39. The Bertz CT molecular complexity index is 933. The topological polar surface area (TPSA) is 87.1 Å². The number of aliphatic hydroxyl groups is 1. The Labute approximate surface area is 183 Å². The lowest BCUT2D eigenvalue weighted by molar-refractivity contribution is -0.117. The van der Waals surface area contributed by atoms with E-state index in [4.69, 9.17) is 0 Å². The summed E-state index contributed by atoms with van der Waals surface area (Å²) in [4.78, 5) is 20.8. The fourth-order valence-electron chi connectivity index (χ4n) is 3.36. The highest BCUT2D eigenvalue weighted by Gasteiger charge is 2.16. The lowest BCUT2D eigenvalue weighted by Crippen LogP contribution is -2.34. The van der Waals surface area contributed by atoms with Gasteiger partial charge >= 0.3 is 0 Å². The fraction of sp³-hybridized carbons (Fsp3) is 0.320. The molecule has 0 saturated carbocycles. The molecule has 0 unspecified atom stereocenters. The Morgan fingerprint density at radius 1 is 1.06 bits per heavy atom. The highest BCUT2D eigenvalue weighted by molar-refractivity contribution is 5.95. The maximum atomic E-state index is 12.5. The minimum atomic E-state index is -0.582. The molecule has 0 aliphatic carbocycles. The standard InChI is InChI=1S/C25H30N4O2/c1-3-21(28-17-24(30)20-7-6-13-26-16-20)15-19-9-11-22(12-10-19)29-25(31)18(2)23-8-4-5-14-27-23/h4-14,16,18,21,24,28,30H,3,15,17H2,1-2H3,(H,29,31)/t18-,21+,24+/m1/s1. The van der Waals surface area contributed by atoms with Gasteiger partial charge < -0.3 is 15.7 Å². The first-order chi connectivity index (χ1) is 15.1. The first-order valence-corrected chi connectivity index (χ1v) is 10.7. The molecule has 3 N–H and O–H groups in total. The van der Waals surface area contributed by atoms with Crippen molar-refractivity contribution in [2.45, 2.75) is 44.8 Å². The summed E-state index contributed by atoms with van der Waals surface area (Å²) in [6.45, 7) is 4.45. The monoisotopic (exact) mass is 418 g/mol. The van der Waals surface area contributed by atoms with Crippen LogP contribution in [-0.4, -0.2) is 33.6 Å². The number of anilines is 1. The summed E-state index contributed by atoms with van der Waals surface area (Å²) in [5.74, 6) is -0.398. The van der Waals surface area contributed by atoms with Crippen molar-refractivity contribution in [3.8, 4) is 0 Å². The molecule has 6 heteroatoms. The average Bonchev–Trinajstić information content (AvgIpc) is 2.83. The van der Waals surface area contributed by atoms with Gasteiger partial charge in [0.15, 0.2) is 0 Å². The van der Waals surface area contributed by atoms with Crippen molar-refractivity contribution in [3.05, 3.63) is 90.0 Å². The Kier molecular flexibility index (Phi) is 8.27.